The summed E-state index contributed by atoms with van der Waals surface area (Å²) in [6.45, 7) is 0.798. The molecule has 0 saturated carbocycles. The molecule has 0 amide bonds. The maximum Gasteiger partial charge on any atom is 0.161 e. The van der Waals surface area contributed by atoms with Crippen molar-refractivity contribution in [3.8, 4) is 22.6 Å². The minimum absolute atomic E-state index is 0.171. The van der Waals surface area contributed by atoms with Gasteiger partial charge in [0.15, 0.2) is 11.5 Å². The van der Waals surface area contributed by atoms with Gasteiger partial charge in [-0.3, -0.25) is 0 Å². The lowest BCUT2D eigenvalue weighted by atomic mass is 9.92. The molecule has 2 aromatic carbocycles. The molecular formula is C20H22O6. The number of benzene rings is 2. The summed E-state index contributed by atoms with van der Waals surface area (Å²) in [7, 11) is 0. The molecule has 1 fully saturated rings. The standard InChI is InChI=1S/C20H22O6/c21-11-19-15(22)10-16(23)20(26-19)14-3-1-2-12(8-14)13-4-5-17-18(9-13)25-7-6-24-17/h1-5,8-9,15-16,19-23H,6-7,10-11H2/t15-,16-,19+,20+/m0/s1. The minimum atomic E-state index is -0.868. The average molecular weight is 358 g/mol. The maximum absolute atomic E-state index is 10.3. The van der Waals surface area contributed by atoms with E-state index in [-0.39, 0.29) is 13.0 Å². The van der Waals surface area contributed by atoms with Crippen molar-refractivity contribution >= 4 is 0 Å². The Balaban J connectivity index is 1.62. The van der Waals surface area contributed by atoms with Gasteiger partial charge in [0.25, 0.3) is 0 Å². The summed E-state index contributed by atoms with van der Waals surface area (Å²) in [4.78, 5) is 0. The zero-order valence-electron chi connectivity index (χ0n) is 14.2. The third-order valence-electron chi connectivity index (χ3n) is 4.85. The third-order valence-corrected chi connectivity index (χ3v) is 4.85. The van der Waals surface area contributed by atoms with Gasteiger partial charge in [-0.15, -0.1) is 0 Å². The van der Waals surface area contributed by atoms with E-state index in [1.807, 2.05) is 42.5 Å². The summed E-state index contributed by atoms with van der Waals surface area (Å²) in [5.74, 6) is 1.46. The molecule has 6 nitrogen and oxygen atoms in total. The molecule has 2 aliphatic rings. The van der Waals surface area contributed by atoms with Crippen LogP contribution in [-0.4, -0.2) is 53.5 Å². The second-order valence-electron chi connectivity index (χ2n) is 6.63. The van der Waals surface area contributed by atoms with E-state index in [1.54, 1.807) is 0 Å². The van der Waals surface area contributed by atoms with Crippen molar-refractivity contribution in [2.24, 2.45) is 0 Å². The first-order chi connectivity index (χ1) is 12.7. The Labute approximate surface area is 151 Å². The molecule has 26 heavy (non-hydrogen) atoms. The van der Waals surface area contributed by atoms with Gasteiger partial charge in [-0.2, -0.15) is 0 Å². The largest absolute Gasteiger partial charge is 0.486 e. The predicted molar refractivity (Wildman–Crippen MR) is 94.2 cm³/mol. The zero-order chi connectivity index (χ0) is 18.1. The van der Waals surface area contributed by atoms with Crippen molar-refractivity contribution in [1.29, 1.82) is 0 Å². The molecule has 0 unspecified atom stereocenters. The quantitative estimate of drug-likeness (QED) is 0.774. The smallest absolute Gasteiger partial charge is 0.161 e. The van der Waals surface area contributed by atoms with Crippen molar-refractivity contribution in [2.75, 3.05) is 19.8 Å². The van der Waals surface area contributed by atoms with E-state index in [9.17, 15) is 15.3 Å². The number of aliphatic hydroxyl groups excluding tert-OH is 3. The Morgan fingerprint density at radius 1 is 0.885 bits per heavy atom. The van der Waals surface area contributed by atoms with Crippen LogP contribution >= 0.6 is 0 Å². The van der Waals surface area contributed by atoms with Crippen LogP contribution in [0.15, 0.2) is 42.5 Å². The highest BCUT2D eigenvalue weighted by Gasteiger charge is 2.36. The molecule has 0 spiro atoms. The molecule has 3 N–H and O–H groups in total. The van der Waals surface area contributed by atoms with Crippen LogP contribution in [0.1, 0.15) is 18.1 Å². The molecule has 0 bridgehead atoms. The normalized spacial score (nSPS) is 28.0. The second kappa shape index (κ2) is 7.25. The van der Waals surface area contributed by atoms with Crippen LogP contribution in [0, 0.1) is 0 Å². The summed E-state index contributed by atoms with van der Waals surface area (Å²) in [6, 6.07) is 13.5. The van der Waals surface area contributed by atoms with E-state index in [0.29, 0.717) is 13.2 Å². The van der Waals surface area contributed by atoms with Crippen molar-refractivity contribution < 1.29 is 29.5 Å². The van der Waals surface area contributed by atoms with Crippen LogP contribution in [0.5, 0.6) is 11.5 Å². The summed E-state index contributed by atoms with van der Waals surface area (Å²) in [6.07, 6.45) is -2.81. The van der Waals surface area contributed by atoms with Gasteiger partial charge in [-0.05, 0) is 34.9 Å². The lowest BCUT2D eigenvalue weighted by Crippen LogP contribution is -2.44. The minimum Gasteiger partial charge on any atom is -0.486 e. The number of aliphatic hydroxyl groups is 3. The Kier molecular flexibility index (Phi) is 4.82. The van der Waals surface area contributed by atoms with Gasteiger partial charge in [0.1, 0.15) is 25.4 Å². The predicted octanol–water partition coefficient (Wildman–Crippen LogP) is 1.67. The van der Waals surface area contributed by atoms with Gasteiger partial charge in [-0.1, -0.05) is 24.3 Å². The van der Waals surface area contributed by atoms with E-state index >= 15 is 0 Å². The van der Waals surface area contributed by atoms with Gasteiger partial charge >= 0.3 is 0 Å². The first-order valence-electron chi connectivity index (χ1n) is 8.78. The lowest BCUT2D eigenvalue weighted by molar-refractivity contribution is -0.181. The van der Waals surface area contributed by atoms with Crippen LogP contribution in [0.25, 0.3) is 11.1 Å². The molecule has 0 aliphatic carbocycles. The van der Waals surface area contributed by atoms with E-state index in [2.05, 4.69) is 0 Å². The van der Waals surface area contributed by atoms with E-state index in [1.165, 1.54) is 0 Å². The van der Waals surface area contributed by atoms with E-state index < -0.39 is 24.4 Å². The second-order valence-corrected chi connectivity index (χ2v) is 6.63. The lowest BCUT2D eigenvalue weighted by Gasteiger charge is -2.36. The van der Waals surface area contributed by atoms with Gasteiger partial charge in [0.2, 0.25) is 0 Å². The van der Waals surface area contributed by atoms with Crippen molar-refractivity contribution in [3.05, 3.63) is 48.0 Å². The molecular weight excluding hydrogens is 336 g/mol. The van der Waals surface area contributed by atoms with E-state index in [4.69, 9.17) is 14.2 Å². The fourth-order valence-electron chi connectivity index (χ4n) is 3.48. The van der Waals surface area contributed by atoms with Crippen LogP contribution in [0.4, 0.5) is 0 Å². The summed E-state index contributed by atoms with van der Waals surface area (Å²) in [5.41, 5.74) is 2.73. The molecule has 0 aromatic heterocycles. The number of rotatable bonds is 3. The molecule has 1 saturated heterocycles. The average Bonchev–Trinajstić information content (AvgIpc) is 2.68. The topological polar surface area (TPSA) is 88.4 Å². The Morgan fingerprint density at radius 3 is 2.46 bits per heavy atom. The highest BCUT2D eigenvalue weighted by atomic mass is 16.6. The third kappa shape index (κ3) is 3.29. The molecule has 2 aliphatic heterocycles. The van der Waals surface area contributed by atoms with Crippen molar-refractivity contribution in [2.45, 2.75) is 30.8 Å². The monoisotopic (exact) mass is 358 g/mol. The maximum atomic E-state index is 10.3. The van der Waals surface area contributed by atoms with Crippen LogP contribution in [0.2, 0.25) is 0 Å². The number of hydrogen-bond donors (Lipinski definition) is 3. The Hall–Kier alpha value is -2.12. The van der Waals surface area contributed by atoms with Gasteiger partial charge < -0.3 is 29.5 Å². The first kappa shape index (κ1) is 17.3. The molecule has 6 heteroatoms. The summed E-state index contributed by atoms with van der Waals surface area (Å²) >= 11 is 0. The number of hydrogen-bond acceptors (Lipinski definition) is 6. The summed E-state index contributed by atoms with van der Waals surface area (Å²) in [5, 5.41) is 29.6. The molecule has 138 valence electrons. The van der Waals surface area contributed by atoms with Gasteiger partial charge in [0.05, 0.1) is 18.8 Å². The molecule has 2 aromatic rings. The number of ether oxygens (including phenoxy) is 3. The summed E-state index contributed by atoms with van der Waals surface area (Å²) < 4.78 is 16.9. The van der Waals surface area contributed by atoms with E-state index in [0.717, 1.165) is 28.2 Å². The zero-order valence-corrected chi connectivity index (χ0v) is 14.2. The SMILES string of the molecule is OC[C@H]1O[C@H](c2cccc(-c3ccc4c(c3)OCCO4)c2)[C@@H](O)C[C@@H]1O. The molecule has 0 radical (unpaired) electrons. The first-order valence-corrected chi connectivity index (χ1v) is 8.78. The highest BCUT2D eigenvalue weighted by molar-refractivity contribution is 5.68. The Bertz CT molecular complexity index is 777. The van der Waals surface area contributed by atoms with Crippen LogP contribution < -0.4 is 9.47 Å². The van der Waals surface area contributed by atoms with Crippen LogP contribution in [0.3, 0.4) is 0 Å². The van der Waals surface area contributed by atoms with Crippen molar-refractivity contribution in [1.82, 2.24) is 0 Å². The highest BCUT2D eigenvalue weighted by Crippen LogP contribution is 2.37. The molecule has 2 heterocycles. The van der Waals surface area contributed by atoms with Crippen molar-refractivity contribution in [3.63, 3.8) is 0 Å². The van der Waals surface area contributed by atoms with Crippen LogP contribution in [-0.2, 0) is 4.74 Å². The number of fused-ring (bicyclic) bond motifs is 1. The Morgan fingerprint density at radius 2 is 1.65 bits per heavy atom. The molecule has 4 rings (SSSR count). The van der Waals surface area contributed by atoms with Gasteiger partial charge in [0, 0.05) is 6.42 Å². The van der Waals surface area contributed by atoms with Gasteiger partial charge in [-0.25, -0.2) is 0 Å². The molecule has 4 atom stereocenters. The fraction of sp³-hybridized carbons (Fsp3) is 0.400. The fourth-order valence-corrected chi connectivity index (χ4v) is 3.48.